The van der Waals surface area contributed by atoms with Crippen molar-refractivity contribution in [3.8, 4) is 0 Å². The molecule has 2 rings (SSSR count). The molecule has 0 saturated carbocycles. The molecular weight excluding hydrogens is 247 g/mol. The van der Waals surface area contributed by atoms with E-state index in [0.29, 0.717) is 5.96 Å². The molecule has 0 fully saturated rings. The highest BCUT2D eigenvalue weighted by molar-refractivity contribution is 5.85. The molecule has 94 valence electrons. The molecule has 1 aliphatic carbocycles. The Kier molecular flexibility index (Phi) is 5.59. The molecule has 0 radical (unpaired) electrons. The lowest BCUT2D eigenvalue weighted by molar-refractivity contribution is 0.419. The van der Waals surface area contributed by atoms with Crippen LogP contribution in [-0.2, 0) is 0 Å². The summed E-state index contributed by atoms with van der Waals surface area (Å²) in [5, 5.41) is 6.42. The van der Waals surface area contributed by atoms with Gasteiger partial charge in [0.25, 0.3) is 0 Å². The SMILES string of the molecule is CNC1(C)N=C(N)NC2=C1CCCC2.Cl.Cl. The standard InChI is InChI=1S/C10H18N4.2ClH/c1-10(12-2)7-5-3-4-6-8(7)13-9(11)14-10;;/h12H,3-6H2,1-2H3,(H3,11,13,14);2*1H. The maximum absolute atomic E-state index is 5.76. The van der Waals surface area contributed by atoms with Gasteiger partial charge in [0.1, 0.15) is 5.66 Å². The molecule has 0 aromatic carbocycles. The van der Waals surface area contributed by atoms with Crippen LogP contribution in [0.25, 0.3) is 0 Å². The number of rotatable bonds is 1. The molecule has 0 saturated heterocycles. The summed E-state index contributed by atoms with van der Waals surface area (Å²) in [5.41, 5.74) is 8.12. The van der Waals surface area contributed by atoms with E-state index in [4.69, 9.17) is 5.73 Å². The second kappa shape index (κ2) is 5.75. The highest BCUT2D eigenvalue weighted by Gasteiger charge is 2.33. The first kappa shape index (κ1) is 15.6. The lowest BCUT2D eigenvalue weighted by Crippen LogP contribution is -2.50. The quantitative estimate of drug-likeness (QED) is 0.675. The van der Waals surface area contributed by atoms with Crippen LogP contribution in [-0.4, -0.2) is 18.7 Å². The van der Waals surface area contributed by atoms with Gasteiger partial charge in [-0.05, 0) is 45.2 Å². The molecule has 6 heteroatoms. The van der Waals surface area contributed by atoms with Gasteiger partial charge in [0.2, 0.25) is 0 Å². The topological polar surface area (TPSA) is 62.4 Å². The minimum Gasteiger partial charge on any atom is -0.370 e. The molecule has 0 spiro atoms. The second-order valence-electron chi connectivity index (χ2n) is 4.11. The molecule has 4 N–H and O–H groups in total. The predicted octanol–water partition coefficient (Wildman–Crippen LogP) is 1.51. The van der Waals surface area contributed by atoms with Crippen LogP contribution in [0.15, 0.2) is 16.3 Å². The van der Waals surface area contributed by atoms with Crippen LogP contribution in [0.4, 0.5) is 0 Å². The van der Waals surface area contributed by atoms with E-state index in [0.717, 1.165) is 12.8 Å². The van der Waals surface area contributed by atoms with Crippen molar-refractivity contribution >= 4 is 30.8 Å². The number of likely N-dealkylation sites (N-methyl/N-ethyl adjacent to an activating group) is 1. The molecule has 1 aliphatic heterocycles. The molecular formula is C10H20Cl2N4. The van der Waals surface area contributed by atoms with E-state index >= 15 is 0 Å². The average molecular weight is 267 g/mol. The van der Waals surface area contributed by atoms with Crippen LogP contribution in [0, 0.1) is 0 Å². The first-order valence-electron chi connectivity index (χ1n) is 5.19. The maximum atomic E-state index is 5.76. The van der Waals surface area contributed by atoms with Gasteiger partial charge in [-0.1, -0.05) is 0 Å². The Morgan fingerprint density at radius 3 is 2.56 bits per heavy atom. The zero-order valence-electron chi connectivity index (χ0n) is 9.67. The van der Waals surface area contributed by atoms with Gasteiger partial charge in [0.05, 0.1) is 0 Å². The fraction of sp³-hybridized carbons (Fsp3) is 0.700. The fourth-order valence-corrected chi connectivity index (χ4v) is 2.28. The van der Waals surface area contributed by atoms with Crippen LogP contribution in [0.1, 0.15) is 32.6 Å². The van der Waals surface area contributed by atoms with Crippen molar-refractivity contribution < 1.29 is 0 Å². The van der Waals surface area contributed by atoms with E-state index in [9.17, 15) is 0 Å². The minimum absolute atomic E-state index is 0. The van der Waals surface area contributed by atoms with E-state index in [1.54, 1.807) is 0 Å². The molecule has 0 aromatic rings. The van der Waals surface area contributed by atoms with Crippen molar-refractivity contribution in [1.29, 1.82) is 0 Å². The summed E-state index contributed by atoms with van der Waals surface area (Å²) in [6.45, 7) is 2.08. The highest BCUT2D eigenvalue weighted by atomic mass is 35.5. The molecule has 2 aliphatic rings. The lowest BCUT2D eigenvalue weighted by Gasteiger charge is -2.37. The summed E-state index contributed by atoms with van der Waals surface area (Å²) in [6.07, 6.45) is 4.73. The van der Waals surface area contributed by atoms with E-state index in [-0.39, 0.29) is 30.5 Å². The Morgan fingerprint density at radius 2 is 1.94 bits per heavy atom. The average Bonchev–Trinajstić information content (AvgIpc) is 2.17. The van der Waals surface area contributed by atoms with Gasteiger partial charge in [0, 0.05) is 5.70 Å². The molecule has 0 bridgehead atoms. The van der Waals surface area contributed by atoms with Gasteiger partial charge < -0.3 is 11.1 Å². The van der Waals surface area contributed by atoms with Gasteiger partial charge in [-0.2, -0.15) is 0 Å². The van der Waals surface area contributed by atoms with Crippen molar-refractivity contribution in [1.82, 2.24) is 10.6 Å². The zero-order valence-corrected chi connectivity index (χ0v) is 11.3. The summed E-state index contributed by atoms with van der Waals surface area (Å²) < 4.78 is 0. The first-order valence-corrected chi connectivity index (χ1v) is 5.19. The van der Waals surface area contributed by atoms with Crippen LogP contribution in [0.3, 0.4) is 0 Å². The summed E-state index contributed by atoms with van der Waals surface area (Å²) >= 11 is 0. The number of nitrogens with zero attached hydrogens (tertiary/aromatic N) is 1. The van der Waals surface area contributed by atoms with Gasteiger partial charge in [-0.3, -0.25) is 5.32 Å². The maximum Gasteiger partial charge on any atom is 0.195 e. The van der Waals surface area contributed by atoms with Gasteiger partial charge in [-0.15, -0.1) is 24.8 Å². The first-order chi connectivity index (χ1) is 6.65. The van der Waals surface area contributed by atoms with E-state index in [1.165, 1.54) is 24.1 Å². The fourth-order valence-electron chi connectivity index (χ4n) is 2.28. The number of nitrogens with two attached hydrogens (primary N) is 1. The number of guanidine groups is 1. The van der Waals surface area contributed by atoms with Crippen molar-refractivity contribution in [2.75, 3.05) is 7.05 Å². The number of nitrogens with one attached hydrogen (secondary N) is 2. The Bertz CT molecular complexity index is 314. The number of hydrogen-bond donors (Lipinski definition) is 3. The number of allylic oxidation sites excluding steroid dienone is 1. The van der Waals surface area contributed by atoms with Gasteiger partial charge >= 0.3 is 0 Å². The van der Waals surface area contributed by atoms with Gasteiger partial charge in [-0.25, -0.2) is 4.99 Å². The Morgan fingerprint density at radius 1 is 1.31 bits per heavy atom. The third-order valence-corrected chi connectivity index (χ3v) is 3.17. The molecule has 1 heterocycles. The Labute approximate surface area is 109 Å². The third-order valence-electron chi connectivity index (χ3n) is 3.17. The number of aliphatic imine (C=N–C) groups is 1. The molecule has 0 amide bonds. The largest absolute Gasteiger partial charge is 0.370 e. The summed E-state index contributed by atoms with van der Waals surface area (Å²) in [7, 11) is 1.93. The van der Waals surface area contributed by atoms with Crippen LogP contribution in [0.2, 0.25) is 0 Å². The van der Waals surface area contributed by atoms with Crippen molar-refractivity contribution in [2.24, 2.45) is 10.7 Å². The van der Waals surface area contributed by atoms with Crippen LogP contribution in [0.5, 0.6) is 0 Å². The van der Waals surface area contributed by atoms with E-state index in [1.807, 2.05) is 7.05 Å². The van der Waals surface area contributed by atoms with E-state index < -0.39 is 0 Å². The highest BCUT2D eigenvalue weighted by Crippen LogP contribution is 2.33. The molecule has 16 heavy (non-hydrogen) atoms. The second-order valence-corrected chi connectivity index (χ2v) is 4.11. The Hall–Kier alpha value is -0.450. The predicted molar refractivity (Wildman–Crippen MR) is 72.2 cm³/mol. The van der Waals surface area contributed by atoms with Crippen LogP contribution < -0.4 is 16.4 Å². The molecule has 0 aromatic heterocycles. The third kappa shape index (κ3) is 2.62. The van der Waals surface area contributed by atoms with Gasteiger partial charge in [0.15, 0.2) is 5.96 Å². The summed E-state index contributed by atoms with van der Waals surface area (Å²) in [4.78, 5) is 4.43. The zero-order chi connectivity index (χ0) is 10.2. The minimum atomic E-state index is -0.287. The van der Waals surface area contributed by atoms with E-state index in [2.05, 4.69) is 22.5 Å². The molecule has 1 atom stereocenters. The molecule has 4 nitrogen and oxygen atoms in total. The lowest BCUT2D eigenvalue weighted by atomic mass is 9.87. The van der Waals surface area contributed by atoms with Crippen LogP contribution >= 0.6 is 24.8 Å². The number of hydrogen-bond acceptors (Lipinski definition) is 4. The number of halogens is 2. The normalized spacial score (nSPS) is 28.0. The van der Waals surface area contributed by atoms with Crippen molar-refractivity contribution in [3.05, 3.63) is 11.3 Å². The Balaban J connectivity index is 0.00000112. The summed E-state index contributed by atoms with van der Waals surface area (Å²) in [5.74, 6) is 0.530. The smallest absolute Gasteiger partial charge is 0.195 e. The molecule has 1 unspecified atom stereocenters. The van der Waals surface area contributed by atoms with Crippen molar-refractivity contribution in [3.63, 3.8) is 0 Å². The summed E-state index contributed by atoms with van der Waals surface area (Å²) in [6, 6.07) is 0. The monoisotopic (exact) mass is 266 g/mol. The van der Waals surface area contributed by atoms with Crippen molar-refractivity contribution in [2.45, 2.75) is 38.3 Å².